The van der Waals surface area contributed by atoms with Gasteiger partial charge in [-0.2, -0.15) is 11.8 Å². The molecule has 1 aliphatic carbocycles. The van der Waals surface area contributed by atoms with Gasteiger partial charge in [0.1, 0.15) is 12.1 Å². The molecule has 4 N–H and O–H groups in total. The van der Waals surface area contributed by atoms with Crippen LogP contribution in [0.1, 0.15) is 70.8 Å². The van der Waals surface area contributed by atoms with Gasteiger partial charge in [0, 0.05) is 18.6 Å². The second-order valence-corrected chi connectivity index (χ2v) is 12.2. The van der Waals surface area contributed by atoms with Gasteiger partial charge in [0.2, 0.25) is 11.8 Å². The van der Waals surface area contributed by atoms with E-state index in [9.17, 15) is 19.8 Å². The number of carbonyl (C=O) groups is 2. The van der Waals surface area contributed by atoms with Crippen molar-refractivity contribution in [1.82, 2.24) is 10.6 Å². The number of aliphatic hydroxyl groups excluding tert-OH is 2. The second-order valence-electron chi connectivity index (χ2n) is 11.1. The van der Waals surface area contributed by atoms with E-state index in [1.807, 2.05) is 30.3 Å². The Morgan fingerprint density at radius 2 is 1.64 bits per heavy atom. The minimum atomic E-state index is -1.22. The average molecular weight is 555 g/mol. The lowest BCUT2D eigenvalue weighted by Gasteiger charge is -2.33. The highest BCUT2D eigenvalue weighted by atomic mass is 32.2. The maximum atomic E-state index is 13.5. The number of rotatable bonds is 16. The zero-order valence-electron chi connectivity index (χ0n) is 23.5. The van der Waals surface area contributed by atoms with E-state index in [1.54, 1.807) is 11.8 Å². The summed E-state index contributed by atoms with van der Waals surface area (Å²) in [5.41, 5.74) is 1.05. The first-order valence-corrected chi connectivity index (χ1v) is 15.4. The maximum absolute atomic E-state index is 13.5. The first-order chi connectivity index (χ1) is 18.7. The summed E-state index contributed by atoms with van der Waals surface area (Å²) in [6.07, 6.45) is 15.1. The quantitative estimate of drug-likeness (QED) is 0.232. The van der Waals surface area contributed by atoms with Crippen LogP contribution in [0.15, 0.2) is 30.3 Å². The fourth-order valence-corrected chi connectivity index (χ4v) is 6.21. The Morgan fingerprint density at radius 1 is 0.974 bits per heavy atom. The van der Waals surface area contributed by atoms with E-state index in [0.29, 0.717) is 30.4 Å². The number of amides is 2. The van der Waals surface area contributed by atoms with E-state index in [1.165, 1.54) is 6.42 Å². The normalized spacial score (nSPS) is 17.7. The van der Waals surface area contributed by atoms with Crippen LogP contribution in [0.3, 0.4) is 0 Å². The Bertz CT molecular complexity index is 949. The summed E-state index contributed by atoms with van der Waals surface area (Å²) in [7, 11) is 0. The van der Waals surface area contributed by atoms with E-state index in [4.69, 9.17) is 12.8 Å². The fraction of sp³-hybridized carbons (Fsp3) is 0.625. The highest BCUT2D eigenvalue weighted by Gasteiger charge is 2.33. The van der Waals surface area contributed by atoms with Crippen LogP contribution in [0.25, 0.3) is 0 Å². The van der Waals surface area contributed by atoms with Crippen molar-refractivity contribution in [3.05, 3.63) is 35.9 Å². The van der Waals surface area contributed by atoms with Crippen LogP contribution >= 0.6 is 11.8 Å². The molecule has 0 bridgehead atoms. The van der Waals surface area contributed by atoms with Crippen molar-refractivity contribution in [1.29, 1.82) is 0 Å². The smallest absolute Gasteiger partial charge is 0.243 e. The highest BCUT2D eigenvalue weighted by molar-refractivity contribution is 7.99. The molecule has 1 aromatic carbocycles. The first-order valence-electron chi connectivity index (χ1n) is 14.2. The van der Waals surface area contributed by atoms with E-state index >= 15 is 0 Å². The molecule has 2 amide bonds. The Morgan fingerprint density at radius 3 is 2.26 bits per heavy atom. The molecule has 5 atom stereocenters. The second kappa shape index (κ2) is 18.0. The molecule has 1 aliphatic rings. The highest BCUT2D eigenvalue weighted by Crippen LogP contribution is 2.28. The minimum Gasteiger partial charge on any atom is -0.389 e. The zero-order valence-corrected chi connectivity index (χ0v) is 24.3. The van der Waals surface area contributed by atoms with Gasteiger partial charge in [-0.05, 0) is 36.0 Å². The van der Waals surface area contributed by atoms with Gasteiger partial charge in [-0.3, -0.25) is 9.59 Å². The predicted molar refractivity (Wildman–Crippen MR) is 160 cm³/mol. The van der Waals surface area contributed by atoms with Gasteiger partial charge >= 0.3 is 0 Å². The molecule has 39 heavy (non-hydrogen) atoms. The van der Waals surface area contributed by atoms with Crippen LogP contribution in [0.2, 0.25) is 0 Å². The summed E-state index contributed by atoms with van der Waals surface area (Å²) < 4.78 is 0. The van der Waals surface area contributed by atoms with Gasteiger partial charge in [-0.1, -0.05) is 76.3 Å². The number of nitrogens with one attached hydrogen (secondary N) is 2. The molecule has 0 spiro atoms. The van der Waals surface area contributed by atoms with Crippen LogP contribution in [-0.4, -0.2) is 57.8 Å². The Kier molecular flexibility index (Phi) is 15.1. The zero-order chi connectivity index (χ0) is 28.6. The Labute approximate surface area is 239 Å². The molecule has 1 saturated carbocycles. The molecule has 0 radical (unpaired) electrons. The van der Waals surface area contributed by atoms with Crippen molar-refractivity contribution < 1.29 is 19.8 Å². The maximum Gasteiger partial charge on any atom is 0.243 e. The largest absolute Gasteiger partial charge is 0.389 e. The third kappa shape index (κ3) is 12.1. The van der Waals surface area contributed by atoms with Crippen LogP contribution in [0, 0.1) is 42.4 Å². The van der Waals surface area contributed by atoms with Gasteiger partial charge < -0.3 is 20.8 Å². The lowest BCUT2D eigenvalue weighted by Crippen LogP contribution is -2.55. The molecule has 2 rings (SSSR count). The predicted octanol–water partition coefficient (Wildman–Crippen LogP) is 3.94. The van der Waals surface area contributed by atoms with Crippen molar-refractivity contribution in [2.24, 2.45) is 17.8 Å². The van der Waals surface area contributed by atoms with Crippen LogP contribution in [0.4, 0.5) is 0 Å². The third-order valence-electron chi connectivity index (χ3n) is 7.19. The van der Waals surface area contributed by atoms with Crippen LogP contribution < -0.4 is 10.6 Å². The molecule has 6 nitrogen and oxygen atoms in total. The Balaban J connectivity index is 2.14. The van der Waals surface area contributed by atoms with Gasteiger partial charge in [0.05, 0.1) is 18.1 Å². The van der Waals surface area contributed by atoms with Gasteiger partial charge in [-0.15, -0.1) is 24.7 Å². The molecule has 0 aromatic heterocycles. The van der Waals surface area contributed by atoms with E-state index in [-0.39, 0.29) is 24.7 Å². The number of thioether (sulfide) groups is 1. The van der Waals surface area contributed by atoms with Crippen LogP contribution in [-0.2, 0) is 16.0 Å². The number of benzene rings is 1. The molecule has 0 saturated heterocycles. The van der Waals surface area contributed by atoms with E-state index in [0.717, 1.165) is 37.0 Å². The Hall–Kier alpha value is -2.45. The average Bonchev–Trinajstić information content (AvgIpc) is 2.92. The molecule has 0 aliphatic heterocycles. The van der Waals surface area contributed by atoms with Gasteiger partial charge in [0.15, 0.2) is 0 Å². The summed E-state index contributed by atoms with van der Waals surface area (Å²) in [6, 6.07) is 8.21. The molecule has 0 unspecified atom stereocenters. The number of aliphatic hydroxyl groups is 2. The molecule has 1 aromatic rings. The SMILES string of the molecule is C#CC[C@H](NC(=O)[C@@H](CSCC(C)C)Cc1ccccc1)C(=O)N[C@@H](CC1CCCCC1)[C@@H](O)[C@@H](O)CC#C. The molecule has 214 valence electrons. The number of terminal acetylenes is 2. The molecular weight excluding hydrogens is 508 g/mol. The number of carbonyl (C=O) groups excluding carboxylic acids is 2. The summed E-state index contributed by atoms with van der Waals surface area (Å²) >= 11 is 1.73. The summed E-state index contributed by atoms with van der Waals surface area (Å²) in [6.45, 7) is 4.29. The van der Waals surface area contributed by atoms with Crippen molar-refractivity contribution in [3.63, 3.8) is 0 Å². The summed E-state index contributed by atoms with van der Waals surface area (Å²) in [5, 5.41) is 27.1. The van der Waals surface area contributed by atoms with Crippen molar-refractivity contribution in [2.45, 2.75) is 95.9 Å². The topological polar surface area (TPSA) is 98.7 Å². The molecule has 0 heterocycles. The number of hydrogen-bond donors (Lipinski definition) is 4. The molecular formula is C32H46N2O4S. The lowest BCUT2D eigenvalue weighted by atomic mass is 9.82. The van der Waals surface area contributed by atoms with Gasteiger partial charge in [0.25, 0.3) is 0 Å². The number of hydrogen-bond acceptors (Lipinski definition) is 5. The first kappa shape index (κ1) is 32.8. The van der Waals surface area contributed by atoms with E-state index in [2.05, 4.69) is 36.3 Å². The van der Waals surface area contributed by atoms with Crippen LogP contribution in [0.5, 0.6) is 0 Å². The van der Waals surface area contributed by atoms with Gasteiger partial charge in [-0.25, -0.2) is 0 Å². The molecule has 7 heteroatoms. The standard InChI is InChI=1S/C32H46N2O4S/c1-5-13-27(33-31(37)26(22-39-21-23(3)4)19-24-15-9-7-10-16-24)32(38)34-28(30(36)29(35)14-6-2)20-25-17-11-8-12-18-25/h1-2,7,9-10,15-16,23,25-30,35-36H,8,11-14,17-22H2,3-4H3,(H,33,37)(H,34,38)/t26-,27+,28+,29+,30-/m1/s1. The van der Waals surface area contributed by atoms with Crippen molar-refractivity contribution >= 4 is 23.6 Å². The third-order valence-corrected chi connectivity index (χ3v) is 8.73. The summed E-state index contributed by atoms with van der Waals surface area (Å²) in [5.74, 6) is 6.29. The van der Waals surface area contributed by atoms with Crippen molar-refractivity contribution in [2.75, 3.05) is 11.5 Å². The minimum absolute atomic E-state index is 0.0159. The van der Waals surface area contributed by atoms with Crippen molar-refractivity contribution in [3.8, 4) is 24.7 Å². The lowest BCUT2D eigenvalue weighted by molar-refractivity contribution is -0.132. The fourth-order valence-electron chi connectivity index (χ4n) is 5.05. The summed E-state index contributed by atoms with van der Waals surface area (Å²) in [4.78, 5) is 26.9. The molecule has 1 fully saturated rings. The monoisotopic (exact) mass is 554 g/mol. The van der Waals surface area contributed by atoms with E-state index < -0.39 is 30.2 Å².